The first kappa shape index (κ1) is 12.0. The minimum Gasteiger partial charge on any atom is -0.370 e. The average molecular weight is 249 g/mol. The Hall–Kier alpha value is -1.07. The molecule has 100 valence electrons. The zero-order valence-electron chi connectivity index (χ0n) is 10.9. The molecule has 2 fully saturated rings. The Morgan fingerprint density at radius 2 is 2.11 bits per heavy atom. The largest absolute Gasteiger partial charge is 0.370 e. The second-order valence-electron chi connectivity index (χ2n) is 5.38. The minimum atomic E-state index is 0.543. The maximum absolute atomic E-state index is 4.41. The molecule has 0 amide bonds. The van der Waals surface area contributed by atoms with Gasteiger partial charge in [-0.15, -0.1) is 0 Å². The number of hydrogen-bond acceptors (Lipinski definition) is 4. The molecule has 0 bridgehead atoms. The fraction of sp³-hybridized carbons (Fsp3) is 0.769. The van der Waals surface area contributed by atoms with Gasteiger partial charge in [-0.1, -0.05) is 0 Å². The zero-order valence-corrected chi connectivity index (χ0v) is 10.9. The van der Waals surface area contributed by atoms with Crippen molar-refractivity contribution in [2.75, 3.05) is 38.0 Å². The number of nitrogens with one attached hydrogen (secondary N) is 3. The Morgan fingerprint density at radius 3 is 2.83 bits per heavy atom. The van der Waals surface area contributed by atoms with Crippen molar-refractivity contribution in [3.63, 3.8) is 0 Å². The summed E-state index contributed by atoms with van der Waals surface area (Å²) in [6, 6.07) is 2.63. The zero-order chi connectivity index (χ0) is 12.2. The summed E-state index contributed by atoms with van der Waals surface area (Å²) >= 11 is 0. The number of aromatic nitrogens is 2. The summed E-state index contributed by atoms with van der Waals surface area (Å²) in [6.45, 7) is 5.54. The molecule has 3 heterocycles. The summed E-state index contributed by atoms with van der Waals surface area (Å²) in [6.07, 6.45) is 5.82. The second-order valence-corrected chi connectivity index (χ2v) is 5.38. The van der Waals surface area contributed by atoms with Crippen molar-refractivity contribution in [1.82, 2.24) is 20.4 Å². The first-order chi connectivity index (χ1) is 8.93. The Balaban J connectivity index is 1.46. The van der Waals surface area contributed by atoms with Crippen molar-refractivity contribution in [1.29, 1.82) is 0 Å². The molecule has 1 aromatic rings. The molecular formula is C13H23N5. The van der Waals surface area contributed by atoms with E-state index >= 15 is 0 Å². The van der Waals surface area contributed by atoms with Crippen LogP contribution in [-0.2, 0) is 0 Å². The van der Waals surface area contributed by atoms with Gasteiger partial charge in [0, 0.05) is 25.7 Å². The Bertz CT molecular complexity index is 365. The van der Waals surface area contributed by atoms with Crippen LogP contribution in [0, 0.1) is 5.92 Å². The molecule has 2 aliphatic heterocycles. The third-order valence-electron chi connectivity index (χ3n) is 4.09. The Kier molecular flexibility index (Phi) is 3.81. The van der Waals surface area contributed by atoms with E-state index in [0.717, 1.165) is 25.6 Å². The first-order valence-electron chi connectivity index (χ1n) is 7.12. The van der Waals surface area contributed by atoms with Crippen LogP contribution in [0.2, 0.25) is 0 Å². The van der Waals surface area contributed by atoms with Crippen LogP contribution in [0.15, 0.2) is 12.3 Å². The lowest BCUT2D eigenvalue weighted by atomic mass is 9.95. The summed E-state index contributed by atoms with van der Waals surface area (Å²) in [7, 11) is 0. The van der Waals surface area contributed by atoms with Crippen LogP contribution in [0.5, 0.6) is 0 Å². The van der Waals surface area contributed by atoms with Gasteiger partial charge in [-0.2, -0.15) is 5.10 Å². The van der Waals surface area contributed by atoms with Crippen LogP contribution in [0.1, 0.15) is 25.3 Å². The van der Waals surface area contributed by atoms with Crippen molar-refractivity contribution in [2.24, 2.45) is 5.92 Å². The van der Waals surface area contributed by atoms with Crippen molar-refractivity contribution < 1.29 is 0 Å². The van der Waals surface area contributed by atoms with Gasteiger partial charge in [0.05, 0.1) is 12.2 Å². The molecule has 2 saturated heterocycles. The van der Waals surface area contributed by atoms with E-state index in [9.17, 15) is 0 Å². The van der Waals surface area contributed by atoms with E-state index in [2.05, 4.69) is 31.8 Å². The lowest BCUT2D eigenvalue weighted by Crippen LogP contribution is -2.44. The lowest BCUT2D eigenvalue weighted by molar-refractivity contribution is 0.320. The van der Waals surface area contributed by atoms with E-state index in [-0.39, 0.29) is 0 Å². The van der Waals surface area contributed by atoms with Gasteiger partial charge < -0.3 is 16.0 Å². The highest BCUT2D eigenvalue weighted by Gasteiger charge is 2.21. The van der Waals surface area contributed by atoms with E-state index in [0.29, 0.717) is 6.04 Å². The molecule has 5 heteroatoms. The molecule has 0 radical (unpaired) electrons. The maximum Gasteiger partial charge on any atom is 0.124 e. The third kappa shape index (κ3) is 2.67. The fourth-order valence-corrected chi connectivity index (χ4v) is 2.77. The van der Waals surface area contributed by atoms with Crippen LogP contribution in [0.4, 0.5) is 5.82 Å². The van der Waals surface area contributed by atoms with Gasteiger partial charge in [-0.05, 0) is 38.3 Å². The lowest BCUT2D eigenvalue weighted by Gasteiger charge is -2.29. The Morgan fingerprint density at radius 1 is 1.28 bits per heavy atom. The topological polar surface area (TPSA) is 53.9 Å². The molecule has 18 heavy (non-hydrogen) atoms. The molecule has 3 N–H and O–H groups in total. The highest BCUT2D eigenvalue weighted by atomic mass is 15.4. The molecule has 0 unspecified atom stereocenters. The van der Waals surface area contributed by atoms with Crippen LogP contribution in [-0.4, -0.2) is 42.5 Å². The number of anilines is 1. The predicted molar refractivity (Wildman–Crippen MR) is 72.8 cm³/mol. The first-order valence-corrected chi connectivity index (χ1v) is 7.12. The average Bonchev–Trinajstić information content (AvgIpc) is 2.77. The summed E-state index contributed by atoms with van der Waals surface area (Å²) in [5.41, 5.74) is 0. The van der Waals surface area contributed by atoms with Crippen LogP contribution in [0.3, 0.4) is 0 Å². The molecular weight excluding hydrogens is 226 g/mol. The normalized spacial score (nSPS) is 21.8. The van der Waals surface area contributed by atoms with Gasteiger partial charge in [0.25, 0.3) is 0 Å². The summed E-state index contributed by atoms with van der Waals surface area (Å²) in [4.78, 5) is 0. The highest BCUT2D eigenvalue weighted by molar-refractivity contribution is 5.34. The second kappa shape index (κ2) is 5.71. The van der Waals surface area contributed by atoms with Crippen LogP contribution >= 0.6 is 0 Å². The van der Waals surface area contributed by atoms with Crippen molar-refractivity contribution in [2.45, 2.75) is 25.3 Å². The molecule has 3 rings (SSSR count). The monoisotopic (exact) mass is 249 g/mol. The molecule has 5 nitrogen and oxygen atoms in total. The van der Waals surface area contributed by atoms with Crippen LogP contribution in [0.25, 0.3) is 0 Å². The van der Waals surface area contributed by atoms with E-state index in [4.69, 9.17) is 0 Å². The van der Waals surface area contributed by atoms with E-state index in [1.165, 1.54) is 38.2 Å². The summed E-state index contributed by atoms with van der Waals surface area (Å²) < 4.78 is 2.12. The Labute approximate surface area is 108 Å². The van der Waals surface area contributed by atoms with Crippen LogP contribution < -0.4 is 16.0 Å². The van der Waals surface area contributed by atoms with Gasteiger partial charge in [0.2, 0.25) is 0 Å². The molecule has 1 aromatic heterocycles. The van der Waals surface area contributed by atoms with Gasteiger partial charge in [-0.3, -0.25) is 0 Å². The van der Waals surface area contributed by atoms with Crippen molar-refractivity contribution >= 4 is 5.82 Å². The molecule has 0 atom stereocenters. The predicted octanol–water partition coefficient (Wildman–Crippen LogP) is 0.829. The van der Waals surface area contributed by atoms with E-state index in [1.54, 1.807) is 0 Å². The van der Waals surface area contributed by atoms with Crippen molar-refractivity contribution in [3.05, 3.63) is 12.3 Å². The maximum atomic E-state index is 4.41. The third-order valence-corrected chi connectivity index (χ3v) is 4.09. The van der Waals surface area contributed by atoms with Gasteiger partial charge >= 0.3 is 0 Å². The number of hydrogen-bond donors (Lipinski definition) is 3. The number of rotatable bonds is 5. The molecule has 0 spiro atoms. The summed E-state index contributed by atoms with van der Waals surface area (Å²) in [5, 5.41) is 14.7. The van der Waals surface area contributed by atoms with Gasteiger partial charge in [0.15, 0.2) is 0 Å². The number of piperidine rings is 1. The van der Waals surface area contributed by atoms with E-state index in [1.807, 2.05) is 6.20 Å². The van der Waals surface area contributed by atoms with Crippen molar-refractivity contribution in [3.8, 4) is 0 Å². The fourth-order valence-electron chi connectivity index (χ4n) is 2.77. The quantitative estimate of drug-likeness (QED) is 0.723. The smallest absolute Gasteiger partial charge is 0.124 e. The van der Waals surface area contributed by atoms with Gasteiger partial charge in [0.1, 0.15) is 5.82 Å². The standard InChI is InChI=1S/C13H23N5/c1-5-14-6-2-11(1)3-7-16-13-4-8-17-18(13)12-9-15-10-12/h4,8,11-12,14-16H,1-3,5-7,9-10H2. The molecule has 0 saturated carbocycles. The highest BCUT2D eigenvalue weighted by Crippen LogP contribution is 2.19. The molecule has 0 aliphatic carbocycles. The molecule has 0 aromatic carbocycles. The van der Waals surface area contributed by atoms with E-state index < -0.39 is 0 Å². The minimum absolute atomic E-state index is 0.543. The van der Waals surface area contributed by atoms with Gasteiger partial charge in [-0.25, -0.2) is 4.68 Å². The summed E-state index contributed by atoms with van der Waals surface area (Å²) in [5.74, 6) is 2.07. The SMILES string of the molecule is c1cc(NCCC2CCNCC2)n(C2CNC2)n1. The molecule has 2 aliphatic rings. The number of nitrogens with zero attached hydrogens (tertiary/aromatic N) is 2.